The molecule has 1 amide bonds. The van der Waals surface area contributed by atoms with E-state index in [2.05, 4.69) is 15.5 Å². The highest BCUT2D eigenvalue weighted by atomic mass is 32.1. The average Bonchev–Trinajstić information content (AvgIpc) is 3.18. The predicted octanol–water partition coefficient (Wildman–Crippen LogP) is 4.09. The molecule has 3 N–H and O–H groups in total. The number of nitrogens with one attached hydrogen (secondary N) is 1. The number of hydrogen-bond donors (Lipinski definition) is 2. The van der Waals surface area contributed by atoms with Crippen LogP contribution in [-0.4, -0.2) is 16.0 Å². The summed E-state index contributed by atoms with van der Waals surface area (Å²) in [5.74, 6) is 0.654. The Morgan fingerprint density at radius 3 is 2.72 bits per heavy atom. The van der Waals surface area contributed by atoms with Crippen molar-refractivity contribution in [2.45, 2.75) is 6.92 Å². The Bertz CT molecular complexity index is 1070. The van der Waals surface area contributed by atoms with E-state index in [1.807, 2.05) is 42.5 Å². The van der Waals surface area contributed by atoms with Gasteiger partial charge < -0.3 is 15.6 Å². The molecule has 6 nitrogen and oxygen atoms in total. The quantitative estimate of drug-likeness (QED) is 0.580. The Labute approximate surface area is 147 Å². The molecule has 0 unspecified atom stereocenters. The molecule has 0 fully saturated rings. The van der Waals surface area contributed by atoms with Gasteiger partial charge in [0.25, 0.3) is 5.91 Å². The number of hydrogen-bond acceptors (Lipinski definition) is 6. The number of anilines is 2. The van der Waals surface area contributed by atoms with Crippen LogP contribution in [0.2, 0.25) is 0 Å². The second-order valence-corrected chi connectivity index (χ2v) is 6.54. The molecule has 0 aliphatic heterocycles. The molecule has 0 saturated carbocycles. The molecular weight excluding hydrogens is 336 g/mol. The lowest BCUT2D eigenvalue weighted by Gasteiger charge is -2.00. The zero-order chi connectivity index (χ0) is 17.4. The maximum absolute atomic E-state index is 12.5. The first kappa shape index (κ1) is 15.3. The SMILES string of the molecule is Cc1cc(NC(=O)c2sc3nc(-c4ccccc4)ccc3c2N)no1. The van der Waals surface area contributed by atoms with E-state index in [9.17, 15) is 4.79 Å². The fraction of sp³-hybridized carbons (Fsp3) is 0.0556. The van der Waals surface area contributed by atoms with Crippen molar-refractivity contribution in [3.8, 4) is 11.3 Å². The van der Waals surface area contributed by atoms with Gasteiger partial charge in [-0.1, -0.05) is 35.5 Å². The summed E-state index contributed by atoms with van der Waals surface area (Å²) in [4.78, 5) is 18.3. The number of benzene rings is 1. The average molecular weight is 350 g/mol. The zero-order valence-electron chi connectivity index (χ0n) is 13.3. The molecule has 0 aliphatic rings. The van der Waals surface area contributed by atoms with Crippen molar-refractivity contribution >= 4 is 39.0 Å². The second-order valence-electron chi connectivity index (χ2n) is 5.54. The minimum atomic E-state index is -0.324. The van der Waals surface area contributed by atoms with Crippen molar-refractivity contribution < 1.29 is 9.32 Å². The Balaban J connectivity index is 1.70. The summed E-state index contributed by atoms with van der Waals surface area (Å²) in [6.07, 6.45) is 0. The van der Waals surface area contributed by atoms with Gasteiger partial charge in [0.15, 0.2) is 5.82 Å². The van der Waals surface area contributed by atoms with Crippen LogP contribution in [0.1, 0.15) is 15.4 Å². The van der Waals surface area contributed by atoms with Crippen LogP contribution in [0, 0.1) is 6.92 Å². The molecule has 7 heteroatoms. The van der Waals surface area contributed by atoms with Gasteiger partial charge in [0.2, 0.25) is 0 Å². The zero-order valence-corrected chi connectivity index (χ0v) is 14.1. The fourth-order valence-corrected chi connectivity index (χ4v) is 3.52. The van der Waals surface area contributed by atoms with Crippen LogP contribution in [0.5, 0.6) is 0 Å². The van der Waals surface area contributed by atoms with Crippen LogP contribution in [0.15, 0.2) is 53.1 Å². The third-order valence-electron chi connectivity index (χ3n) is 3.74. The summed E-state index contributed by atoms with van der Waals surface area (Å²) in [5, 5.41) is 7.22. The summed E-state index contributed by atoms with van der Waals surface area (Å²) >= 11 is 1.26. The second kappa shape index (κ2) is 6.03. The Kier molecular flexibility index (Phi) is 3.70. The summed E-state index contributed by atoms with van der Waals surface area (Å²) in [6, 6.07) is 15.3. The number of amides is 1. The number of nitrogens with two attached hydrogens (primary N) is 1. The van der Waals surface area contributed by atoms with E-state index >= 15 is 0 Å². The van der Waals surface area contributed by atoms with Crippen LogP contribution >= 0.6 is 11.3 Å². The number of pyridine rings is 1. The highest BCUT2D eigenvalue weighted by molar-refractivity contribution is 7.21. The van der Waals surface area contributed by atoms with Crippen molar-refractivity contribution in [2.24, 2.45) is 0 Å². The van der Waals surface area contributed by atoms with Crippen LogP contribution in [0.3, 0.4) is 0 Å². The first-order valence-electron chi connectivity index (χ1n) is 7.61. The maximum Gasteiger partial charge on any atom is 0.269 e. The number of nitrogen functional groups attached to an aromatic ring is 1. The summed E-state index contributed by atoms with van der Waals surface area (Å²) in [5.41, 5.74) is 8.43. The van der Waals surface area contributed by atoms with E-state index in [-0.39, 0.29) is 5.91 Å². The number of fused-ring (bicyclic) bond motifs is 1. The van der Waals surface area contributed by atoms with Gasteiger partial charge in [-0.15, -0.1) is 11.3 Å². The van der Waals surface area contributed by atoms with Crippen LogP contribution < -0.4 is 11.1 Å². The van der Waals surface area contributed by atoms with Crippen molar-refractivity contribution in [2.75, 3.05) is 11.1 Å². The standard InChI is InChI=1S/C18H14N4O2S/c1-10-9-14(22-24-10)21-17(23)16-15(19)12-7-8-13(20-18(12)25-16)11-5-3-2-4-6-11/h2-9H,19H2,1H3,(H,21,22,23). The minimum Gasteiger partial charge on any atom is -0.397 e. The number of carbonyl (C=O) groups is 1. The monoisotopic (exact) mass is 350 g/mol. The molecule has 0 bridgehead atoms. The van der Waals surface area contributed by atoms with E-state index in [1.165, 1.54) is 11.3 Å². The minimum absolute atomic E-state index is 0.324. The van der Waals surface area contributed by atoms with Crippen LogP contribution in [0.4, 0.5) is 11.5 Å². The molecule has 4 aromatic rings. The third-order valence-corrected chi connectivity index (χ3v) is 4.85. The van der Waals surface area contributed by atoms with E-state index in [0.29, 0.717) is 22.1 Å². The summed E-state index contributed by atoms with van der Waals surface area (Å²) < 4.78 is 4.95. The molecule has 0 spiro atoms. The van der Waals surface area contributed by atoms with E-state index in [1.54, 1.807) is 13.0 Å². The smallest absolute Gasteiger partial charge is 0.269 e. The molecule has 3 heterocycles. The summed E-state index contributed by atoms with van der Waals surface area (Å²) in [6.45, 7) is 1.76. The Hall–Kier alpha value is -3.19. The first-order valence-corrected chi connectivity index (χ1v) is 8.42. The van der Waals surface area contributed by atoms with Crippen molar-refractivity contribution in [1.82, 2.24) is 10.1 Å². The number of nitrogens with zero attached hydrogens (tertiary/aromatic N) is 2. The van der Waals surface area contributed by atoms with Gasteiger partial charge in [-0.2, -0.15) is 0 Å². The van der Waals surface area contributed by atoms with Crippen LogP contribution in [0.25, 0.3) is 21.5 Å². The van der Waals surface area contributed by atoms with E-state index in [4.69, 9.17) is 10.3 Å². The number of aryl methyl sites for hydroxylation is 1. The molecule has 0 radical (unpaired) electrons. The molecular formula is C18H14N4O2S. The molecule has 4 rings (SSSR count). The lowest BCUT2D eigenvalue weighted by molar-refractivity contribution is 0.103. The number of thiophene rings is 1. The van der Waals surface area contributed by atoms with Gasteiger partial charge in [-0.25, -0.2) is 4.98 Å². The van der Waals surface area contributed by atoms with Gasteiger partial charge >= 0.3 is 0 Å². The van der Waals surface area contributed by atoms with Gasteiger partial charge in [0.05, 0.1) is 11.4 Å². The topological polar surface area (TPSA) is 94.0 Å². The molecule has 1 aromatic carbocycles. The van der Waals surface area contributed by atoms with Gasteiger partial charge in [0, 0.05) is 17.0 Å². The number of carbonyl (C=O) groups excluding carboxylic acids is 1. The lowest BCUT2D eigenvalue weighted by Crippen LogP contribution is -2.12. The van der Waals surface area contributed by atoms with Gasteiger partial charge in [0.1, 0.15) is 15.5 Å². The molecule has 0 aliphatic carbocycles. The fourth-order valence-electron chi connectivity index (χ4n) is 2.53. The highest BCUT2D eigenvalue weighted by Crippen LogP contribution is 2.34. The molecule has 25 heavy (non-hydrogen) atoms. The van der Waals surface area contributed by atoms with Gasteiger partial charge in [-0.05, 0) is 19.1 Å². The van der Waals surface area contributed by atoms with Crippen molar-refractivity contribution in [3.05, 3.63) is 59.2 Å². The molecule has 124 valence electrons. The largest absolute Gasteiger partial charge is 0.397 e. The number of rotatable bonds is 3. The maximum atomic E-state index is 12.5. The van der Waals surface area contributed by atoms with Crippen molar-refractivity contribution in [1.29, 1.82) is 0 Å². The molecule has 0 atom stereocenters. The number of aromatic nitrogens is 2. The predicted molar refractivity (Wildman–Crippen MR) is 98.7 cm³/mol. The molecule has 0 saturated heterocycles. The Morgan fingerprint density at radius 2 is 2.00 bits per heavy atom. The lowest BCUT2D eigenvalue weighted by atomic mass is 10.1. The van der Waals surface area contributed by atoms with Crippen LogP contribution in [-0.2, 0) is 0 Å². The normalized spacial score (nSPS) is 10.9. The molecule has 3 aromatic heterocycles. The van der Waals surface area contributed by atoms with Crippen molar-refractivity contribution in [3.63, 3.8) is 0 Å². The first-order chi connectivity index (χ1) is 12.1. The summed E-state index contributed by atoms with van der Waals surface area (Å²) in [7, 11) is 0. The third kappa shape index (κ3) is 2.85. The van der Waals surface area contributed by atoms with E-state index in [0.717, 1.165) is 21.5 Å². The van der Waals surface area contributed by atoms with Gasteiger partial charge in [-0.3, -0.25) is 4.79 Å². The highest BCUT2D eigenvalue weighted by Gasteiger charge is 2.19. The Morgan fingerprint density at radius 1 is 1.20 bits per heavy atom. The van der Waals surface area contributed by atoms with E-state index < -0.39 is 0 Å².